The van der Waals surface area contributed by atoms with E-state index in [9.17, 15) is 0 Å². The number of aryl methyl sites for hydroxylation is 1. The summed E-state index contributed by atoms with van der Waals surface area (Å²) in [5.74, 6) is 0. The normalized spacial score (nSPS) is 10.3. The molecule has 0 saturated heterocycles. The topological polar surface area (TPSA) is 41.6 Å². The Hall–Kier alpha value is -1.53. The van der Waals surface area contributed by atoms with Crippen molar-refractivity contribution in [3.8, 4) is 6.07 Å². The van der Waals surface area contributed by atoms with Crippen LogP contribution in [0.5, 0.6) is 0 Å². The molecule has 2 rings (SSSR count). The number of para-hydroxylation sites is 1. The summed E-state index contributed by atoms with van der Waals surface area (Å²) in [6, 6.07) is 9.82. The third-order valence-corrected chi connectivity index (χ3v) is 2.33. The summed E-state index contributed by atoms with van der Waals surface area (Å²) in [6.45, 7) is 0.587. The predicted octanol–water partition coefficient (Wildman–Crippen LogP) is 2.60. The molecule has 2 aromatic rings. The van der Waals surface area contributed by atoms with E-state index in [2.05, 4.69) is 11.2 Å². The van der Waals surface area contributed by atoms with Crippen LogP contribution in [0.2, 0.25) is 5.15 Å². The van der Waals surface area contributed by atoms with E-state index in [0.29, 0.717) is 18.1 Å². The van der Waals surface area contributed by atoms with E-state index < -0.39 is 0 Å². The van der Waals surface area contributed by atoms with Crippen LogP contribution in [0.25, 0.3) is 10.9 Å². The van der Waals surface area contributed by atoms with Crippen molar-refractivity contribution in [1.29, 1.82) is 5.26 Å². The molecule has 0 fully saturated rings. The molecule has 14 heavy (non-hydrogen) atoms. The SMILES string of the molecule is N#CCCn1nc(Cl)c2ccccc21. The van der Waals surface area contributed by atoms with Gasteiger partial charge in [0.05, 0.1) is 24.6 Å². The average molecular weight is 206 g/mol. The highest BCUT2D eigenvalue weighted by atomic mass is 35.5. The van der Waals surface area contributed by atoms with Gasteiger partial charge in [-0.15, -0.1) is 0 Å². The Kier molecular flexibility index (Phi) is 2.38. The quantitative estimate of drug-likeness (QED) is 0.756. The number of rotatable bonds is 2. The van der Waals surface area contributed by atoms with Crippen LogP contribution < -0.4 is 0 Å². The van der Waals surface area contributed by atoms with Gasteiger partial charge in [-0.2, -0.15) is 10.4 Å². The Labute approximate surface area is 86.5 Å². The van der Waals surface area contributed by atoms with Gasteiger partial charge in [-0.05, 0) is 12.1 Å². The minimum Gasteiger partial charge on any atom is -0.262 e. The van der Waals surface area contributed by atoms with Gasteiger partial charge in [-0.25, -0.2) is 0 Å². The molecular formula is C10H8ClN3. The van der Waals surface area contributed by atoms with Crippen LogP contribution >= 0.6 is 11.6 Å². The molecule has 0 saturated carbocycles. The first-order valence-corrected chi connectivity index (χ1v) is 4.68. The standard InChI is InChI=1S/C10H8ClN3/c11-10-8-4-1-2-5-9(8)14(13-10)7-3-6-12/h1-2,4-5H,3,7H2. The maximum atomic E-state index is 8.48. The molecule has 0 atom stereocenters. The molecule has 70 valence electrons. The van der Waals surface area contributed by atoms with E-state index in [1.807, 2.05) is 24.3 Å². The van der Waals surface area contributed by atoms with Crippen molar-refractivity contribution in [1.82, 2.24) is 9.78 Å². The van der Waals surface area contributed by atoms with Crippen LogP contribution in [0.3, 0.4) is 0 Å². The summed E-state index contributed by atoms with van der Waals surface area (Å²) in [6.07, 6.45) is 0.446. The lowest BCUT2D eigenvalue weighted by atomic mass is 10.2. The van der Waals surface area contributed by atoms with Crippen LogP contribution in [0.1, 0.15) is 6.42 Å². The monoisotopic (exact) mass is 205 g/mol. The number of hydrogen-bond acceptors (Lipinski definition) is 2. The summed E-state index contributed by atoms with van der Waals surface area (Å²) in [7, 11) is 0. The van der Waals surface area contributed by atoms with Gasteiger partial charge in [-0.3, -0.25) is 4.68 Å². The molecular weight excluding hydrogens is 198 g/mol. The minimum absolute atomic E-state index is 0.446. The van der Waals surface area contributed by atoms with E-state index in [1.165, 1.54) is 0 Å². The highest BCUT2D eigenvalue weighted by molar-refractivity contribution is 6.34. The van der Waals surface area contributed by atoms with Crippen molar-refractivity contribution >= 4 is 22.5 Å². The number of halogens is 1. The first kappa shape index (κ1) is 9.04. The van der Waals surface area contributed by atoms with Crippen molar-refractivity contribution in [2.24, 2.45) is 0 Å². The van der Waals surface area contributed by atoms with Crippen molar-refractivity contribution in [3.63, 3.8) is 0 Å². The lowest BCUT2D eigenvalue weighted by molar-refractivity contribution is 0.649. The smallest absolute Gasteiger partial charge is 0.158 e. The van der Waals surface area contributed by atoms with Crippen LogP contribution in [-0.2, 0) is 6.54 Å². The Morgan fingerprint density at radius 1 is 1.43 bits per heavy atom. The Morgan fingerprint density at radius 3 is 3.00 bits per heavy atom. The third-order valence-electron chi connectivity index (χ3n) is 2.05. The maximum Gasteiger partial charge on any atom is 0.158 e. The molecule has 1 aromatic carbocycles. The number of aromatic nitrogens is 2. The van der Waals surface area contributed by atoms with E-state index in [-0.39, 0.29) is 0 Å². The number of nitriles is 1. The minimum atomic E-state index is 0.446. The van der Waals surface area contributed by atoms with Crippen molar-refractivity contribution in [2.45, 2.75) is 13.0 Å². The zero-order chi connectivity index (χ0) is 9.97. The molecule has 0 aliphatic heterocycles. The second kappa shape index (κ2) is 3.69. The molecule has 3 nitrogen and oxygen atoms in total. The highest BCUT2D eigenvalue weighted by Crippen LogP contribution is 2.22. The van der Waals surface area contributed by atoms with Crippen LogP contribution in [0.15, 0.2) is 24.3 Å². The van der Waals surface area contributed by atoms with Gasteiger partial charge < -0.3 is 0 Å². The van der Waals surface area contributed by atoms with Gasteiger partial charge in [0, 0.05) is 5.39 Å². The molecule has 0 bridgehead atoms. The van der Waals surface area contributed by atoms with Gasteiger partial charge in [0.25, 0.3) is 0 Å². The Bertz CT molecular complexity index is 496. The second-order valence-corrected chi connectivity index (χ2v) is 3.30. The summed E-state index contributed by atoms with van der Waals surface area (Å²) in [4.78, 5) is 0. The summed E-state index contributed by atoms with van der Waals surface area (Å²) < 4.78 is 1.76. The average Bonchev–Trinajstić information content (AvgIpc) is 2.54. The predicted molar refractivity (Wildman–Crippen MR) is 55.0 cm³/mol. The molecule has 0 radical (unpaired) electrons. The summed E-state index contributed by atoms with van der Waals surface area (Å²) in [5.41, 5.74) is 0.979. The number of benzene rings is 1. The third kappa shape index (κ3) is 1.45. The molecule has 0 amide bonds. The number of nitrogens with zero attached hydrogens (tertiary/aromatic N) is 3. The van der Waals surface area contributed by atoms with Crippen LogP contribution in [-0.4, -0.2) is 9.78 Å². The highest BCUT2D eigenvalue weighted by Gasteiger charge is 2.06. The molecule has 1 heterocycles. The fraction of sp³-hybridized carbons (Fsp3) is 0.200. The molecule has 0 aliphatic rings. The van der Waals surface area contributed by atoms with Crippen LogP contribution in [0, 0.1) is 11.3 Å². The van der Waals surface area contributed by atoms with Crippen molar-refractivity contribution in [3.05, 3.63) is 29.4 Å². The summed E-state index contributed by atoms with van der Waals surface area (Å²) in [5, 5.41) is 14.1. The Morgan fingerprint density at radius 2 is 2.21 bits per heavy atom. The van der Waals surface area contributed by atoms with Gasteiger partial charge >= 0.3 is 0 Å². The molecule has 1 aromatic heterocycles. The zero-order valence-electron chi connectivity index (χ0n) is 7.44. The van der Waals surface area contributed by atoms with Gasteiger partial charge in [-0.1, -0.05) is 23.7 Å². The first-order valence-electron chi connectivity index (χ1n) is 4.31. The van der Waals surface area contributed by atoms with E-state index in [0.717, 1.165) is 10.9 Å². The zero-order valence-corrected chi connectivity index (χ0v) is 8.20. The molecule has 0 spiro atoms. The molecule has 0 N–H and O–H groups in total. The van der Waals surface area contributed by atoms with E-state index in [1.54, 1.807) is 4.68 Å². The molecule has 4 heteroatoms. The van der Waals surface area contributed by atoms with E-state index >= 15 is 0 Å². The largest absolute Gasteiger partial charge is 0.262 e. The fourth-order valence-electron chi connectivity index (χ4n) is 1.41. The lowest BCUT2D eigenvalue weighted by Gasteiger charge is -1.97. The summed E-state index contributed by atoms with van der Waals surface area (Å²) >= 11 is 5.94. The van der Waals surface area contributed by atoms with Crippen LogP contribution in [0.4, 0.5) is 0 Å². The van der Waals surface area contributed by atoms with Crippen molar-refractivity contribution < 1.29 is 0 Å². The molecule has 0 aliphatic carbocycles. The van der Waals surface area contributed by atoms with E-state index in [4.69, 9.17) is 16.9 Å². The van der Waals surface area contributed by atoms with Gasteiger partial charge in [0.1, 0.15) is 0 Å². The molecule has 0 unspecified atom stereocenters. The maximum absolute atomic E-state index is 8.48. The Balaban J connectivity index is 2.51. The fourth-order valence-corrected chi connectivity index (χ4v) is 1.66. The second-order valence-electron chi connectivity index (χ2n) is 2.94. The number of fused-ring (bicyclic) bond motifs is 1. The van der Waals surface area contributed by atoms with Crippen molar-refractivity contribution in [2.75, 3.05) is 0 Å². The number of hydrogen-bond donors (Lipinski definition) is 0. The lowest BCUT2D eigenvalue weighted by Crippen LogP contribution is -1.98. The first-order chi connectivity index (χ1) is 6.83. The van der Waals surface area contributed by atoms with Gasteiger partial charge in [0.15, 0.2) is 5.15 Å². The van der Waals surface area contributed by atoms with Gasteiger partial charge in [0.2, 0.25) is 0 Å².